The van der Waals surface area contributed by atoms with Crippen LogP contribution in [0.1, 0.15) is 58.6 Å². The van der Waals surface area contributed by atoms with Crippen molar-refractivity contribution in [1.82, 2.24) is 24.5 Å². The van der Waals surface area contributed by atoms with Crippen LogP contribution >= 0.6 is 0 Å². The van der Waals surface area contributed by atoms with Crippen molar-refractivity contribution in [2.45, 2.75) is 70.2 Å². The van der Waals surface area contributed by atoms with Crippen molar-refractivity contribution in [3.8, 4) is 17.1 Å². The topological polar surface area (TPSA) is 166 Å². The number of nitrogens with zero attached hydrogens (tertiary/aromatic N) is 3. The van der Waals surface area contributed by atoms with E-state index in [1.807, 2.05) is 13.8 Å². The molecule has 3 aromatic rings. The summed E-state index contributed by atoms with van der Waals surface area (Å²) in [7, 11) is -2.35. The first-order chi connectivity index (χ1) is 18.6. The summed E-state index contributed by atoms with van der Waals surface area (Å²) in [6.07, 6.45) is 3.16. The average molecular weight is 564 g/mol. The van der Waals surface area contributed by atoms with Crippen LogP contribution in [0.25, 0.3) is 22.4 Å². The smallest absolute Gasteiger partial charge is 0.302 e. The number of benzene rings is 1. The molecule has 0 aliphatic rings. The SMILES string of the molecule is CCCOc1ccc(S(=O)(=O)NC(CCO)CCCOC(C)=O)cc1-c1nc2c(CCC)nn(C)c2c(=O)[nH]1. The number of aromatic amines is 1. The highest BCUT2D eigenvalue weighted by Crippen LogP contribution is 2.31. The van der Waals surface area contributed by atoms with E-state index in [1.165, 1.54) is 23.7 Å². The van der Waals surface area contributed by atoms with Gasteiger partial charge in [-0.15, -0.1) is 0 Å². The third-order valence-electron chi connectivity index (χ3n) is 6.03. The Morgan fingerprint density at radius 1 is 1.21 bits per heavy atom. The quantitative estimate of drug-likeness (QED) is 0.186. The fourth-order valence-electron chi connectivity index (χ4n) is 4.23. The van der Waals surface area contributed by atoms with E-state index in [-0.39, 0.29) is 30.4 Å². The number of sulfonamides is 1. The Morgan fingerprint density at radius 3 is 2.64 bits per heavy atom. The molecule has 39 heavy (non-hydrogen) atoms. The Morgan fingerprint density at radius 2 is 1.97 bits per heavy atom. The number of hydrogen-bond acceptors (Lipinski definition) is 9. The largest absolute Gasteiger partial charge is 0.493 e. The van der Waals surface area contributed by atoms with Gasteiger partial charge in [0.15, 0.2) is 5.52 Å². The van der Waals surface area contributed by atoms with Crippen LogP contribution in [0.5, 0.6) is 5.75 Å². The van der Waals surface area contributed by atoms with Crippen molar-refractivity contribution in [2.75, 3.05) is 19.8 Å². The number of nitrogens with one attached hydrogen (secondary N) is 2. The van der Waals surface area contributed by atoms with Gasteiger partial charge in [-0.3, -0.25) is 14.3 Å². The molecule has 0 radical (unpaired) electrons. The summed E-state index contributed by atoms with van der Waals surface area (Å²) in [5, 5.41) is 13.9. The van der Waals surface area contributed by atoms with Gasteiger partial charge in [0.2, 0.25) is 10.0 Å². The monoisotopic (exact) mass is 563 g/mol. The van der Waals surface area contributed by atoms with E-state index in [0.717, 1.165) is 12.8 Å². The van der Waals surface area contributed by atoms with Crippen LogP contribution in [0, 0.1) is 0 Å². The van der Waals surface area contributed by atoms with Gasteiger partial charge in [-0.2, -0.15) is 5.10 Å². The summed E-state index contributed by atoms with van der Waals surface area (Å²) in [6.45, 7) is 5.59. The van der Waals surface area contributed by atoms with Crippen LogP contribution in [-0.2, 0) is 33.0 Å². The lowest BCUT2D eigenvalue weighted by Gasteiger charge is -2.19. The lowest BCUT2D eigenvalue weighted by molar-refractivity contribution is -0.141. The molecule has 3 N–H and O–H groups in total. The van der Waals surface area contributed by atoms with Gasteiger partial charge in [0.1, 0.15) is 17.1 Å². The Bertz CT molecular complexity index is 1450. The molecule has 0 saturated heterocycles. The molecule has 0 aliphatic heterocycles. The summed E-state index contributed by atoms with van der Waals surface area (Å²) in [5.74, 6) is 0.145. The van der Waals surface area contributed by atoms with Crippen LogP contribution in [-0.4, -0.2) is 65.1 Å². The Hall–Kier alpha value is -3.29. The number of aliphatic hydroxyl groups is 1. The minimum absolute atomic E-state index is 0.0491. The number of fused-ring (bicyclic) bond motifs is 1. The second kappa shape index (κ2) is 13.7. The van der Waals surface area contributed by atoms with E-state index in [9.17, 15) is 23.1 Å². The van der Waals surface area contributed by atoms with E-state index in [2.05, 4.69) is 19.8 Å². The van der Waals surface area contributed by atoms with Crippen LogP contribution in [0.15, 0.2) is 27.9 Å². The zero-order valence-corrected chi connectivity index (χ0v) is 23.6. The molecule has 0 fully saturated rings. The highest BCUT2D eigenvalue weighted by Gasteiger charge is 2.23. The van der Waals surface area contributed by atoms with Crippen molar-refractivity contribution in [3.63, 3.8) is 0 Å². The van der Waals surface area contributed by atoms with Crippen molar-refractivity contribution < 1.29 is 27.8 Å². The Labute approximate surface area is 227 Å². The number of aromatic nitrogens is 4. The number of carbonyl (C=O) groups excluding carboxylic acids is 1. The fourth-order valence-corrected chi connectivity index (χ4v) is 5.56. The molecule has 12 nitrogen and oxygen atoms in total. The van der Waals surface area contributed by atoms with Gasteiger partial charge in [0.05, 0.1) is 29.4 Å². The maximum Gasteiger partial charge on any atom is 0.302 e. The molecule has 1 atom stereocenters. The maximum absolute atomic E-state index is 13.4. The van der Waals surface area contributed by atoms with Crippen LogP contribution in [0.2, 0.25) is 0 Å². The zero-order chi connectivity index (χ0) is 28.6. The van der Waals surface area contributed by atoms with Crippen LogP contribution in [0.3, 0.4) is 0 Å². The van der Waals surface area contributed by atoms with Crippen molar-refractivity contribution in [1.29, 1.82) is 0 Å². The third kappa shape index (κ3) is 7.64. The molecule has 0 aliphatic carbocycles. The molecule has 214 valence electrons. The second-order valence-corrected chi connectivity index (χ2v) is 11.0. The molecule has 3 rings (SSSR count). The molecular formula is C26H37N5O7S. The number of aryl methyl sites for hydroxylation is 2. The van der Waals surface area contributed by atoms with Gasteiger partial charge in [-0.25, -0.2) is 18.1 Å². The van der Waals surface area contributed by atoms with Crippen molar-refractivity contribution in [3.05, 3.63) is 34.2 Å². The van der Waals surface area contributed by atoms with Crippen LogP contribution in [0.4, 0.5) is 0 Å². The standard InChI is InChI=1S/C26H37N5O7S/c1-5-8-21-23-24(31(4)29-21)26(34)28-25(27-23)20-16-19(10-11-22(20)38-14-6-2)39(35,36)30-18(12-13-32)9-7-15-37-17(3)33/h10-11,16,18,30,32H,5-9,12-15H2,1-4H3,(H,27,28,34). The molecule has 2 heterocycles. The van der Waals surface area contributed by atoms with Gasteiger partial charge in [0, 0.05) is 26.6 Å². The second-order valence-electron chi connectivity index (χ2n) is 9.25. The summed E-state index contributed by atoms with van der Waals surface area (Å²) < 4.78 is 41.7. The minimum Gasteiger partial charge on any atom is -0.493 e. The maximum atomic E-state index is 13.4. The van der Waals surface area contributed by atoms with Gasteiger partial charge in [-0.05, 0) is 50.3 Å². The number of esters is 1. The van der Waals surface area contributed by atoms with Crippen molar-refractivity contribution >= 4 is 27.0 Å². The molecule has 0 bridgehead atoms. The Kier molecular flexibility index (Phi) is 10.6. The highest BCUT2D eigenvalue weighted by atomic mass is 32.2. The predicted octanol–water partition coefficient (Wildman–Crippen LogP) is 2.44. The van der Waals surface area contributed by atoms with E-state index in [1.54, 1.807) is 13.1 Å². The minimum atomic E-state index is -4.03. The zero-order valence-electron chi connectivity index (χ0n) is 22.8. The lowest BCUT2D eigenvalue weighted by Crippen LogP contribution is -2.35. The van der Waals surface area contributed by atoms with Crippen molar-refractivity contribution in [2.24, 2.45) is 7.05 Å². The lowest BCUT2D eigenvalue weighted by atomic mass is 10.1. The summed E-state index contributed by atoms with van der Waals surface area (Å²) in [5.41, 5.74) is 1.41. The number of H-pyrrole nitrogens is 1. The number of carbonyl (C=O) groups is 1. The first-order valence-corrected chi connectivity index (χ1v) is 14.6. The van der Waals surface area contributed by atoms with E-state index in [0.29, 0.717) is 53.9 Å². The number of hydrogen-bond donors (Lipinski definition) is 3. The van der Waals surface area contributed by atoms with Gasteiger partial charge in [-0.1, -0.05) is 20.3 Å². The molecule has 13 heteroatoms. The molecule has 0 spiro atoms. The average Bonchev–Trinajstić information content (AvgIpc) is 3.20. The predicted molar refractivity (Wildman–Crippen MR) is 146 cm³/mol. The first-order valence-electron chi connectivity index (χ1n) is 13.1. The number of ether oxygens (including phenoxy) is 2. The van der Waals surface area contributed by atoms with Crippen LogP contribution < -0.4 is 15.0 Å². The van der Waals surface area contributed by atoms with E-state index < -0.39 is 27.6 Å². The summed E-state index contributed by atoms with van der Waals surface area (Å²) >= 11 is 0. The van der Waals surface area contributed by atoms with E-state index in [4.69, 9.17) is 9.47 Å². The molecule has 2 aromatic heterocycles. The van der Waals surface area contributed by atoms with Gasteiger partial charge in [0.25, 0.3) is 5.56 Å². The highest BCUT2D eigenvalue weighted by molar-refractivity contribution is 7.89. The van der Waals surface area contributed by atoms with E-state index >= 15 is 0 Å². The molecular weight excluding hydrogens is 526 g/mol. The van der Waals surface area contributed by atoms with Gasteiger partial charge >= 0.3 is 5.97 Å². The molecule has 1 aromatic carbocycles. The molecule has 1 unspecified atom stereocenters. The molecule has 0 amide bonds. The summed E-state index contributed by atoms with van der Waals surface area (Å²) in [6, 6.07) is 3.81. The molecule has 0 saturated carbocycles. The summed E-state index contributed by atoms with van der Waals surface area (Å²) in [4.78, 5) is 31.4. The number of aliphatic hydroxyl groups excluding tert-OH is 1. The Balaban J connectivity index is 2.02. The first kappa shape index (κ1) is 30.3. The van der Waals surface area contributed by atoms with Gasteiger partial charge < -0.3 is 19.6 Å². The third-order valence-corrected chi connectivity index (χ3v) is 7.55. The fraction of sp³-hybridized carbons (Fsp3) is 0.538. The number of rotatable bonds is 15. The normalized spacial score (nSPS) is 12.5.